The number of nitrogens with one attached hydrogen (secondary N) is 1. The number of carbonyl (C=O) groups excluding carboxylic acids is 1. The Morgan fingerprint density at radius 3 is 2.32 bits per heavy atom. The molecule has 0 spiro atoms. The van der Waals surface area contributed by atoms with Gasteiger partial charge in [-0.3, -0.25) is 4.79 Å². The van der Waals surface area contributed by atoms with Gasteiger partial charge in [-0.15, -0.1) is 0 Å². The number of benzene rings is 2. The second kappa shape index (κ2) is 7.46. The van der Waals surface area contributed by atoms with Crippen molar-refractivity contribution < 1.29 is 9.53 Å². The van der Waals surface area contributed by atoms with Gasteiger partial charge in [0.1, 0.15) is 5.75 Å². The lowest BCUT2D eigenvalue weighted by Gasteiger charge is -2.09. The normalized spacial score (nSPS) is 10.7. The topological polar surface area (TPSA) is 38.3 Å². The van der Waals surface area contributed by atoms with Gasteiger partial charge >= 0.3 is 0 Å². The van der Waals surface area contributed by atoms with Crippen molar-refractivity contribution >= 4 is 17.7 Å². The third-order valence-corrected chi connectivity index (χ3v) is 3.35. The van der Waals surface area contributed by atoms with E-state index in [0.717, 1.165) is 28.1 Å². The highest BCUT2D eigenvalue weighted by molar-refractivity contribution is 6.02. The molecule has 0 unspecified atom stereocenters. The molecule has 0 saturated heterocycles. The number of hydrogen-bond acceptors (Lipinski definition) is 2. The fourth-order valence-corrected chi connectivity index (χ4v) is 2.19. The van der Waals surface area contributed by atoms with Crippen molar-refractivity contribution in [3.05, 3.63) is 65.2 Å². The minimum Gasteiger partial charge on any atom is -0.494 e. The number of carbonyl (C=O) groups is 1. The molecule has 1 amide bonds. The molecular weight excluding hydrogens is 274 g/mol. The van der Waals surface area contributed by atoms with Gasteiger partial charge < -0.3 is 10.1 Å². The third kappa shape index (κ3) is 4.22. The molecule has 0 aliphatic carbocycles. The molecule has 0 aromatic heterocycles. The van der Waals surface area contributed by atoms with Crippen molar-refractivity contribution in [1.29, 1.82) is 0 Å². The van der Waals surface area contributed by atoms with E-state index in [9.17, 15) is 4.79 Å². The Morgan fingerprint density at radius 1 is 1.09 bits per heavy atom. The van der Waals surface area contributed by atoms with Crippen molar-refractivity contribution in [3.8, 4) is 5.75 Å². The number of ether oxygens (including phenoxy) is 1. The second-order valence-corrected chi connectivity index (χ2v) is 5.09. The first-order valence-corrected chi connectivity index (χ1v) is 7.38. The summed E-state index contributed by atoms with van der Waals surface area (Å²) < 4.78 is 5.39. The van der Waals surface area contributed by atoms with E-state index < -0.39 is 0 Å². The van der Waals surface area contributed by atoms with E-state index in [4.69, 9.17) is 4.74 Å². The number of para-hydroxylation sites is 1. The standard InChI is InChI=1S/C19H21NO2/c1-4-22-17-11-8-16(9-12-17)10-13-18(21)20-19-14(2)6-5-7-15(19)3/h5-13H,4H2,1-3H3,(H,20,21)/b13-10+. The first-order chi connectivity index (χ1) is 10.6. The van der Waals surface area contributed by atoms with E-state index in [2.05, 4.69) is 5.32 Å². The molecule has 3 nitrogen and oxygen atoms in total. The lowest BCUT2D eigenvalue weighted by atomic mass is 10.1. The zero-order valence-corrected chi connectivity index (χ0v) is 13.2. The van der Waals surface area contributed by atoms with Crippen molar-refractivity contribution in [2.24, 2.45) is 0 Å². The predicted octanol–water partition coefficient (Wildman–Crippen LogP) is 4.35. The van der Waals surface area contributed by atoms with Crippen LogP contribution in [0.5, 0.6) is 5.75 Å². The zero-order chi connectivity index (χ0) is 15.9. The summed E-state index contributed by atoms with van der Waals surface area (Å²) in [4.78, 5) is 12.0. The smallest absolute Gasteiger partial charge is 0.248 e. The van der Waals surface area contributed by atoms with Gasteiger partial charge in [0, 0.05) is 11.8 Å². The maximum Gasteiger partial charge on any atom is 0.248 e. The molecule has 0 saturated carbocycles. The molecule has 22 heavy (non-hydrogen) atoms. The molecule has 0 fully saturated rings. The highest BCUT2D eigenvalue weighted by atomic mass is 16.5. The number of hydrogen-bond donors (Lipinski definition) is 1. The Labute approximate surface area is 131 Å². The number of anilines is 1. The Morgan fingerprint density at radius 2 is 1.73 bits per heavy atom. The van der Waals surface area contributed by atoms with Crippen LogP contribution in [0, 0.1) is 13.8 Å². The molecule has 0 aliphatic rings. The number of amides is 1. The number of aryl methyl sites for hydroxylation is 2. The van der Waals surface area contributed by atoms with Gasteiger partial charge in [-0.25, -0.2) is 0 Å². The third-order valence-electron chi connectivity index (χ3n) is 3.35. The first kappa shape index (κ1) is 15.8. The summed E-state index contributed by atoms with van der Waals surface area (Å²) in [6.45, 7) is 6.57. The fourth-order valence-electron chi connectivity index (χ4n) is 2.19. The molecule has 114 valence electrons. The van der Waals surface area contributed by atoms with Crippen LogP contribution < -0.4 is 10.1 Å². The summed E-state index contributed by atoms with van der Waals surface area (Å²) >= 11 is 0. The molecule has 0 radical (unpaired) electrons. The zero-order valence-electron chi connectivity index (χ0n) is 13.2. The highest BCUT2D eigenvalue weighted by Gasteiger charge is 2.04. The maximum atomic E-state index is 12.0. The SMILES string of the molecule is CCOc1ccc(/C=C/C(=O)Nc2c(C)cccc2C)cc1. The Bertz CT molecular complexity index is 652. The van der Waals surface area contributed by atoms with Gasteiger partial charge in [0.25, 0.3) is 0 Å². The van der Waals surface area contributed by atoms with Crippen molar-refractivity contribution in [2.45, 2.75) is 20.8 Å². The quantitative estimate of drug-likeness (QED) is 0.833. The minimum atomic E-state index is -0.133. The summed E-state index contributed by atoms with van der Waals surface area (Å²) in [5.74, 6) is 0.700. The van der Waals surface area contributed by atoms with Crippen LogP contribution in [0.4, 0.5) is 5.69 Å². The molecule has 1 N–H and O–H groups in total. The van der Waals surface area contributed by atoms with Crippen LogP contribution in [-0.4, -0.2) is 12.5 Å². The monoisotopic (exact) mass is 295 g/mol. The van der Waals surface area contributed by atoms with Crippen LogP contribution in [-0.2, 0) is 4.79 Å². The van der Waals surface area contributed by atoms with E-state index in [1.165, 1.54) is 0 Å². The Balaban J connectivity index is 2.02. The van der Waals surface area contributed by atoms with Crippen LogP contribution in [0.3, 0.4) is 0 Å². The van der Waals surface area contributed by atoms with Gasteiger partial charge in [0.05, 0.1) is 6.61 Å². The van der Waals surface area contributed by atoms with E-state index in [1.54, 1.807) is 12.2 Å². The van der Waals surface area contributed by atoms with Crippen molar-refractivity contribution in [2.75, 3.05) is 11.9 Å². The van der Waals surface area contributed by atoms with E-state index in [0.29, 0.717) is 6.61 Å². The van der Waals surface area contributed by atoms with Gasteiger partial charge in [0.15, 0.2) is 0 Å². The molecule has 3 heteroatoms. The molecule has 2 aromatic carbocycles. The van der Waals surface area contributed by atoms with Crippen LogP contribution in [0.15, 0.2) is 48.5 Å². The summed E-state index contributed by atoms with van der Waals surface area (Å²) in [5, 5.41) is 2.93. The van der Waals surface area contributed by atoms with Crippen LogP contribution in [0.2, 0.25) is 0 Å². The van der Waals surface area contributed by atoms with Gasteiger partial charge in [0.2, 0.25) is 5.91 Å². The van der Waals surface area contributed by atoms with E-state index >= 15 is 0 Å². The van der Waals surface area contributed by atoms with Gasteiger partial charge in [-0.05, 0) is 55.7 Å². The minimum absolute atomic E-state index is 0.133. The fraction of sp³-hybridized carbons (Fsp3) is 0.211. The molecule has 0 heterocycles. The van der Waals surface area contributed by atoms with Gasteiger partial charge in [-0.1, -0.05) is 30.3 Å². The van der Waals surface area contributed by atoms with Crippen molar-refractivity contribution in [3.63, 3.8) is 0 Å². The van der Waals surface area contributed by atoms with Crippen LogP contribution in [0.1, 0.15) is 23.6 Å². The average molecular weight is 295 g/mol. The Kier molecular flexibility index (Phi) is 5.37. The maximum absolute atomic E-state index is 12.0. The molecule has 0 bridgehead atoms. The van der Waals surface area contributed by atoms with Gasteiger partial charge in [-0.2, -0.15) is 0 Å². The van der Waals surface area contributed by atoms with E-state index in [1.807, 2.05) is 63.2 Å². The summed E-state index contributed by atoms with van der Waals surface area (Å²) in [6, 6.07) is 13.6. The van der Waals surface area contributed by atoms with Crippen molar-refractivity contribution in [1.82, 2.24) is 0 Å². The molecular formula is C19H21NO2. The molecule has 0 aliphatic heterocycles. The lowest BCUT2D eigenvalue weighted by Crippen LogP contribution is -2.10. The highest BCUT2D eigenvalue weighted by Crippen LogP contribution is 2.19. The predicted molar refractivity (Wildman–Crippen MR) is 91.2 cm³/mol. The molecule has 2 aromatic rings. The van der Waals surface area contributed by atoms with Crippen LogP contribution >= 0.6 is 0 Å². The molecule has 0 atom stereocenters. The van der Waals surface area contributed by atoms with E-state index in [-0.39, 0.29) is 5.91 Å². The lowest BCUT2D eigenvalue weighted by molar-refractivity contribution is -0.111. The Hall–Kier alpha value is -2.55. The first-order valence-electron chi connectivity index (χ1n) is 7.38. The summed E-state index contributed by atoms with van der Waals surface area (Å²) in [5.41, 5.74) is 3.95. The summed E-state index contributed by atoms with van der Waals surface area (Å²) in [7, 11) is 0. The molecule has 2 rings (SSSR count). The largest absolute Gasteiger partial charge is 0.494 e. The van der Waals surface area contributed by atoms with Crippen LogP contribution in [0.25, 0.3) is 6.08 Å². The summed E-state index contributed by atoms with van der Waals surface area (Å²) in [6.07, 6.45) is 3.33. The number of rotatable bonds is 5. The average Bonchev–Trinajstić information content (AvgIpc) is 2.51. The second-order valence-electron chi connectivity index (χ2n) is 5.09.